The molecule has 1 atom stereocenters. The molecule has 8 nitrogen and oxygen atoms in total. The Balaban J connectivity index is 1.57. The van der Waals surface area contributed by atoms with Crippen molar-refractivity contribution in [2.45, 2.75) is 13.0 Å². The molecule has 0 aromatic heterocycles. The van der Waals surface area contributed by atoms with E-state index in [1.165, 1.54) is 27.2 Å². The van der Waals surface area contributed by atoms with Crippen molar-refractivity contribution < 1.29 is 33.3 Å². The fourth-order valence-corrected chi connectivity index (χ4v) is 2.58. The molecule has 0 aliphatic carbocycles. The molecule has 0 unspecified atom stereocenters. The summed E-state index contributed by atoms with van der Waals surface area (Å²) in [6, 6.07) is 10.2. The molecule has 152 valence electrons. The monoisotopic (exact) mass is 399 g/mol. The molecule has 0 bridgehead atoms. The minimum Gasteiger partial charge on any atom is -0.497 e. The van der Waals surface area contributed by atoms with E-state index >= 15 is 0 Å². The summed E-state index contributed by atoms with van der Waals surface area (Å²) < 4.78 is 26.0. The largest absolute Gasteiger partial charge is 0.497 e. The molecule has 29 heavy (non-hydrogen) atoms. The number of hydrogen-bond donors (Lipinski definition) is 1. The Morgan fingerprint density at radius 2 is 1.72 bits per heavy atom. The van der Waals surface area contributed by atoms with Gasteiger partial charge in [0, 0.05) is 23.9 Å². The molecule has 1 aliphatic rings. The third kappa shape index (κ3) is 5.19. The number of benzene rings is 2. The van der Waals surface area contributed by atoms with Crippen LogP contribution in [0.15, 0.2) is 42.5 Å². The molecule has 1 heterocycles. The number of carbonyl (C=O) groups excluding carboxylic acids is 2. The van der Waals surface area contributed by atoms with Crippen LogP contribution in [0, 0.1) is 0 Å². The summed E-state index contributed by atoms with van der Waals surface area (Å²) in [4.78, 5) is 24.3. The molecular formula is C21H21NO7. The molecule has 0 radical (unpaired) electrons. The van der Waals surface area contributed by atoms with Crippen molar-refractivity contribution in [1.29, 1.82) is 0 Å². The molecule has 0 saturated heterocycles. The highest BCUT2D eigenvalue weighted by atomic mass is 16.7. The summed E-state index contributed by atoms with van der Waals surface area (Å²) in [6.45, 7) is 1.63. The fraction of sp³-hybridized carbons (Fsp3) is 0.238. The van der Waals surface area contributed by atoms with E-state index < -0.39 is 18.0 Å². The zero-order valence-corrected chi connectivity index (χ0v) is 16.3. The van der Waals surface area contributed by atoms with E-state index in [-0.39, 0.29) is 6.79 Å². The zero-order chi connectivity index (χ0) is 20.8. The first-order chi connectivity index (χ1) is 14.0. The van der Waals surface area contributed by atoms with Gasteiger partial charge in [-0.05, 0) is 42.8 Å². The standard InChI is InChI=1S/C21H21NO7/c1-13(21(24)22-15-5-6-18-19(10-15)28-12-27-18)29-20(23)7-4-14-8-16(25-2)11-17(9-14)26-3/h4-11,13H,12H2,1-3H3,(H,22,24)/b7-4+/t13-/m0/s1. The topological polar surface area (TPSA) is 92.3 Å². The van der Waals surface area contributed by atoms with Crippen LogP contribution in [0.5, 0.6) is 23.0 Å². The lowest BCUT2D eigenvalue weighted by atomic mass is 10.2. The number of esters is 1. The quantitative estimate of drug-likeness (QED) is 0.565. The van der Waals surface area contributed by atoms with Crippen LogP contribution in [0.3, 0.4) is 0 Å². The molecule has 1 amide bonds. The van der Waals surface area contributed by atoms with Gasteiger partial charge in [0.05, 0.1) is 14.2 Å². The first kappa shape index (κ1) is 20.1. The van der Waals surface area contributed by atoms with Crippen LogP contribution in [0.1, 0.15) is 12.5 Å². The lowest BCUT2D eigenvalue weighted by molar-refractivity contribution is -0.148. The summed E-state index contributed by atoms with van der Waals surface area (Å²) in [6.07, 6.45) is 1.80. The highest BCUT2D eigenvalue weighted by Gasteiger charge is 2.19. The van der Waals surface area contributed by atoms with Gasteiger partial charge in [0.15, 0.2) is 17.6 Å². The van der Waals surface area contributed by atoms with Crippen LogP contribution in [-0.4, -0.2) is 39.0 Å². The fourth-order valence-electron chi connectivity index (χ4n) is 2.58. The molecule has 2 aromatic carbocycles. The molecule has 0 fully saturated rings. The molecule has 0 spiro atoms. The third-order valence-corrected chi connectivity index (χ3v) is 4.09. The summed E-state index contributed by atoms with van der Waals surface area (Å²) >= 11 is 0. The molecule has 0 saturated carbocycles. The van der Waals surface area contributed by atoms with E-state index in [1.54, 1.807) is 42.5 Å². The maximum Gasteiger partial charge on any atom is 0.331 e. The SMILES string of the molecule is COc1cc(/C=C/C(=O)O[C@@H](C)C(=O)Nc2ccc3c(c2)OCO3)cc(OC)c1. The molecule has 8 heteroatoms. The molecule has 1 N–H and O–H groups in total. The maximum absolute atomic E-state index is 12.3. The van der Waals surface area contributed by atoms with Crippen LogP contribution < -0.4 is 24.3 Å². The van der Waals surface area contributed by atoms with E-state index in [9.17, 15) is 9.59 Å². The van der Waals surface area contributed by atoms with Crippen molar-refractivity contribution in [2.24, 2.45) is 0 Å². The predicted molar refractivity (Wildman–Crippen MR) is 105 cm³/mol. The van der Waals surface area contributed by atoms with Gasteiger partial charge in [0.25, 0.3) is 5.91 Å². The van der Waals surface area contributed by atoms with Gasteiger partial charge >= 0.3 is 5.97 Å². The van der Waals surface area contributed by atoms with Gasteiger partial charge in [-0.2, -0.15) is 0 Å². The van der Waals surface area contributed by atoms with Gasteiger partial charge in [0.2, 0.25) is 6.79 Å². The van der Waals surface area contributed by atoms with Crippen molar-refractivity contribution in [3.63, 3.8) is 0 Å². The van der Waals surface area contributed by atoms with Gasteiger partial charge < -0.3 is 29.0 Å². The minimum absolute atomic E-state index is 0.145. The smallest absolute Gasteiger partial charge is 0.331 e. The normalized spacial score (nSPS) is 13.1. The Morgan fingerprint density at radius 1 is 1.03 bits per heavy atom. The van der Waals surface area contributed by atoms with Crippen molar-refractivity contribution >= 4 is 23.6 Å². The van der Waals surface area contributed by atoms with Crippen LogP contribution in [-0.2, 0) is 14.3 Å². The number of nitrogens with one attached hydrogen (secondary N) is 1. The number of ether oxygens (including phenoxy) is 5. The van der Waals surface area contributed by atoms with Crippen LogP contribution in [0.4, 0.5) is 5.69 Å². The van der Waals surface area contributed by atoms with E-state index in [2.05, 4.69) is 5.32 Å². The minimum atomic E-state index is -0.989. The molecule has 2 aromatic rings. The van der Waals surface area contributed by atoms with Crippen molar-refractivity contribution in [2.75, 3.05) is 26.3 Å². The third-order valence-electron chi connectivity index (χ3n) is 4.09. The van der Waals surface area contributed by atoms with Crippen LogP contribution >= 0.6 is 0 Å². The van der Waals surface area contributed by atoms with E-state index in [1.807, 2.05) is 0 Å². The summed E-state index contributed by atoms with van der Waals surface area (Å²) in [5, 5.41) is 2.67. The Morgan fingerprint density at radius 3 is 2.41 bits per heavy atom. The van der Waals surface area contributed by atoms with Gasteiger partial charge in [0.1, 0.15) is 11.5 Å². The number of amides is 1. The Hall–Kier alpha value is -3.68. The second-order valence-corrected chi connectivity index (χ2v) is 6.12. The first-order valence-electron chi connectivity index (χ1n) is 8.81. The summed E-state index contributed by atoms with van der Waals surface area (Å²) in [7, 11) is 3.08. The van der Waals surface area contributed by atoms with Crippen molar-refractivity contribution in [3.05, 3.63) is 48.0 Å². The zero-order valence-electron chi connectivity index (χ0n) is 16.3. The van der Waals surface area contributed by atoms with E-state index in [0.29, 0.717) is 34.2 Å². The summed E-state index contributed by atoms with van der Waals surface area (Å²) in [5.74, 6) is 1.22. The van der Waals surface area contributed by atoms with Crippen LogP contribution in [0.25, 0.3) is 6.08 Å². The number of methoxy groups -OCH3 is 2. The Kier molecular flexibility index (Phi) is 6.23. The lowest BCUT2D eigenvalue weighted by Gasteiger charge is -2.12. The van der Waals surface area contributed by atoms with E-state index in [0.717, 1.165) is 0 Å². The van der Waals surface area contributed by atoms with E-state index in [4.69, 9.17) is 23.7 Å². The first-order valence-corrected chi connectivity index (χ1v) is 8.81. The maximum atomic E-state index is 12.3. The van der Waals surface area contributed by atoms with Gasteiger partial charge in [-0.3, -0.25) is 4.79 Å². The number of carbonyl (C=O) groups is 2. The van der Waals surface area contributed by atoms with Crippen molar-refractivity contribution in [1.82, 2.24) is 0 Å². The number of anilines is 1. The highest BCUT2D eigenvalue weighted by molar-refractivity contribution is 5.96. The average molecular weight is 399 g/mol. The number of fused-ring (bicyclic) bond motifs is 1. The van der Waals surface area contributed by atoms with Gasteiger partial charge in [-0.25, -0.2) is 4.79 Å². The Labute approximate surface area is 168 Å². The van der Waals surface area contributed by atoms with Gasteiger partial charge in [-0.1, -0.05) is 0 Å². The van der Waals surface area contributed by atoms with Crippen molar-refractivity contribution in [3.8, 4) is 23.0 Å². The highest BCUT2D eigenvalue weighted by Crippen LogP contribution is 2.34. The van der Waals surface area contributed by atoms with Crippen LogP contribution in [0.2, 0.25) is 0 Å². The Bertz CT molecular complexity index is 916. The predicted octanol–water partition coefficient (Wildman–Crippen LogP) is 3.02. The number of rotatable bonds is 7. The summed E-state index contributed by atoms with van der Waals surface area (Å²) in [5.41, 5.74) is 1.21. The second-order valence-electron chi connectivity index (χ2n) is 6.12. The molecule has 3 rings (SSSR count). The average Bonchev–Trinajstić information content (AvgIpc) is 3.19. The van der Waals surface area contributed by atoms with Gasteiger partial charge in [-0.15, -0.1) is 0 Å². The second kappa shape index (κ2) is 9.01. The molecule has 1 aliphatic heterocycles. The molecular weight excluding hydrogens is 378 g/mol. The number of hydrogen-bond acceptors (Lipinski definition) is 7. The lowest BCUT2D eigenvalue weighted by Crippen LogP contribution is -2.29.